The van der Waals surface area contributed by atoms with Gasteiger partial charge in [0.1, 0.15) is 11.1 Å². The van der Waals surface area contributed by atoms with E-state index in [-0.39, 0.29) is 11.3 Å². The molecule has 3 heterocycles. The van der Waals surface area contributed by atoms with Gasteiger partial charge in [-0.05, 0) is 30.7 Å². The highest BCUT2D eigenvalue weighted by Gasteiger charge is 2.13. The van der Waals surface area contributed by atoms with Crippen LogP contribution >= 0.6 is 0 Å². The molecule has 1 aromatic carbocycles. The minimum absolute atomic E-state index is 0.0430. The highest BCUT2D eigenvalue weighted by Crippen LogP contribution is 2.12. The standard InChI is InChI=1S/C19H16N4O4/c24-17(14-12-13-6-1-2-7-15(13)27-18(14)25)20-9-5-11-23-19(26)22-10-4-3-8-16(22)21-23/h1-4,6-8,10,12H,5,9,11H2,(H,20,24). The number of nitrogens with one attached hydrogen (secondary N) is 1. The number of rotatable bonds is 5. The summed E-state index contributed by atoms with van der Waals surface area (Å²) >= 11 is 0. The van der Waals surface area contributed by atoms with Crippen LogP contribution in [0.3, 0.4) is 0 Å². The second kappa shape index (κ2) is 6.91. The number of carbonyl (C=O) groups excluding carboxylic acids is 1. The van der Waals surface area contributed by atoms with Gasteiger partial charge in [0.25, 0.3) is 5.91 Å². The molecule has 0 bridgehead atoms. The second-order valence-electron chi connectivity index (χ2n) is 6.03. The molecule has 0 fully saturated rings. The van der Waals surface area contributed by atoms with Crippen LogP contribution in [-0.2, 0) is 6.54 Å². The van der Waals surface area contributed by atoms with E-state index in [4.69, 9.17) is 4.42 Å². The number of pyridine rings is 1. The maximum Gasteiger partial charge on any atom is 0.350 e. The van der Waals surface area contributed by atoms with E-state index in [2.05, 4.69) is 10.4 Å². The van der Waals surface area contributed by atoms with Gasteiger partial charge in [0, 0.05) is 24.7 Å². The molecule has 0 saturated carbocycles. The van der Waals surface area contributed by atoms with Crippen LogP contribution in [0.25, 0.3) is 16.6 Å². The van der Waals surface area contributed by atoms with Crippen LogP contribution in [0.15, 0.2) is 68.7 Å². The van der Waals surface area contributed by atoms with E-state index in [1.807, 2.05) is 6.07 Å². The number of benzene rings is 1. The fourth-order valence-corrected chi connectivity index (χ4v) is 2.86. The largest absolute Gasteiger partial charge is 0.422 e. The van der Waals surface area contributed by atoms with Gasteiger partial charge in [-0.15, -0.1) is 5.10 Å². The van der Waals surface area contributed by atoms with Crippen LogP contribution in [0.4, 0.5) is 0 Å². The summed E-state index contributed by atoms with van der Waals surface area (Å²) in [4.78, 5) is 36.4. The van der Waals surface area contributed by atoms with Gasteiger partial charge < -0.3 is 9.73 Å². The minimum Gasteiger partial charge on any atom is -0.422 e. The molecule has 4 rings (SSSR count). The van der Waals surface area contributed by atoms with Crippen LogP contribution < -0.4 is 16.6 Å². The smallest absolute Gasteiger partial charge is 0.350 e. The van der Waals surface area contributed by atoms with E-state index in [1.165, 1.54) is 15.1 Å². The van der Waals surface area contributed by atoms with E-state index >= 15 is 0 Å². The number of hydrogen-bond donors (Lipinski definition) is 1. The monoisotopic (exact) mass is 364 g/mol. The molecule has 8 heteroatoms. The van der Waals surface area contributed by atoms with Gasteiger partial charge in [0.05, 0.1) is 0 Å². The van der Waals surface area contributed by atoms with Crippen molar-refractivity contribution in [3.05, 3.63) is 81.2 Å². The molecule has 27 heavy (non-hydrogen) atoms. The molecule has 136 valence electrons. The predicted octanol–water partition coefficient (Wildman–Crippen LogP) is 1.42. The highest BCUT2D eigenvalue weighted by molar-refractivity contribution is 5.96. The Labute approximate surface area is 152 Å². The summed E-state index contributed by atoms with van der Waals surface area (Å²) < 4.78 is 7.97. The molecule has 4 aromatic rings. The number of aromatic nitrogens is 3. The summed E-state index contributed by atoms with van der Waals surface area (Å²) in [7, 11) is 0. The number of fused-ring (bicyclic) bond motifs is 2. The zero-order chi connectivity index (χ0) is 18.8. The van der Waals surface area contributed by atoms with E-state index in [0.717, 1.165) is 0 Å². The highest BCUT2D eigenvalue weighted by atomic mass is 16.4. The Kier molecular flexibility index (Phi) is 4.29. The molecule has 0 aliphatic carbocycles. The van der Waals surface area contributed by atoms with Gasteiger partial charge in [-0.1, -0.05) is 24.3 Å². The normalized spacial score (nSPS) is 11.1. The van der Waals surface area contributed by atoms with Crippen LogP contribution in [0.1, 0.15) is 16.8 Å². The molecule has 1 amide bonds. The first-order chi connectivity index (χ1) is 13.1. The van der Waals surface area contributed by atoms with E-state index in [0.29, 0.717) is 36.1 Å². The first kappa shape index (κ1) is 16.8. The summed E-state index contributed by atoms with van der Waals surface area (Å²) in [6, 6.07) is 13.8. The van der Waals surface area contributed by atoms with Gasteiger partial charge in [0.2, 0.25) is 0 Å². The van der Waals surface area contributed by atoms with Crippen molar-refractivity contribution in [3.8, 4) is 0 Å². The lowest BCUT2D eigenvalue weighted by Crippen LogP contribution is -2.30. The lowest BCUT2D eigenvalue weighted by molar-refractivity contribution is 0.0949. The lowest BCUT2D eigenvalue weighted by atomic mass is 10.2. The summed E-state index contributed by atoms with van der Waals surface area (Å²) in [6.07, 6.45) is 2.15. The van der Waals surface area contributed by atoms with Crippen molar-refractivity contribution in [2.24, 2.45) is 0 Å². The van der Waals surface area contributed by atoms with Crippen molar-refractivity contribution in [2.75, 3.05) is 6.54 Å². The molecule has 1 N–H and O–H groups in total. The maximum absolute atomic E-state index is 12.3. The number of nitrogens with zero attached hydrogens (tertiary/aromatic N) is 3. The number of hydrogen-bond acceptors (Lipinski definition) is 5. The van der Waals surface area contributed by atoms with Crippen molar-refractivity contribution in [1.29, 1.82) is 0 Å². The van der Waals surface area contributed by atoms with E-state index < -0.39 is 11.5 Å². The molecule has 0 aliphatic heterocycles. The van der Waals surface area contributed by atoms with Gasteiger partial charge in [-0.25, -0.2) is 14.3 Å². The number of amides is 1. The zero-order valence-corrected chi connectivity index (χ0v) is 14.3. The predicted molar refractivity (Wildman–Crippen MR) is 98.9 cm³/mol. The average molecular weight is 364 g/mol. The molecule has 0 aliphatic rings. The number of aryl methyl sites for hydroxylation is 1. The first-order valence-electron chi connectivity index (χ1n) is 8.49. The first-order valence-corrected chi connectivity index (χ1v) is 8.49. The molecule has 0 spiro atoms. The Morgan fingerprint density at radius 2 is 1.93 bits per heavy atom. The van der Waals surface area contributed by atoms with Gasteiger partial charge in [-0.3, -0.25) is 9.20 Å². The van der Waals surface area contributed by atoms with Crippen molar-refractivity contribution < 1.29 is 9.21 Å². The second-order valence-corrected chi connectivity index (χ2v) is 6.03. The average Bonchev–Trinajstić information content (AvgIpc) is 3.00. The Morgan fingerprint density at radius 1 is 1.11 bits per heavy atom. The summed E-state index contributed by atoms with van der Waals surface area (Å²) in [5, 5.41) is 7.58. The zero-order valence-electron chi connectivity index (χ0n) is 14.3. The molecule has 0 atom stereocenters. The fourth-order valence-electron chi connectivity index (χ4n) is 2.86. The third-order valence-corrected chi connectivity index (χ3v) is 4.21. The molecule has 0 saturated heterocycles. The topological polar surface area (TPSA) is 98.6 Å². The fraction of sp³-hybridized carbons (Fsp3) is 0.158. The van der Waals surface area contributed by atoms with E-state index in [1.54, 1.807) is 42.6 Å². The Balaban J connectivity index is 1.41. The molecule has 3 aromatic heterocycles. The van der Waals surface area contributed by atoms with Crippen LogP contribution in [-0.4, -0.2) is 26.6 Å². The summed E-state index contributed by atoms with van der Waals surface area (Å²) in [6.45, 7) is 0.651. The van der Waals surface area contributed by atoms with Gasteiger partial charge >= 0.3 is 11.3 Å². The SMILES string of the molecule is O=C(NCCCn1nc2ccccn2c1=O)c1cc2ccccc2oc1=O. The van der Waals surface area contributed by atoms with E-state index in [9.17, 15) is 14.4 Å². The van der Waals surface area contributed by atoms with Crippen molar-refractivity contribution in [1.82, 2.24) is 19.5 Å². The minimum atomic E-state index is -0.678. The van der Waals surface area contributed by atoms with Crippen LogP contribution in [0.5, 0.6) is 0 Å². The van der Waals surface area contributed by atoms with Gasteiger partial charge in [0.15, 0.2) is 5.65 Å². The van der Waals surface area contributed by atoms with Gasteiger partial charge in [-0.2, -0.15) is 0 Å². The third-order valence-electron chi connectivity index (χ3n) is 4.21. The quantitative estimate of drug-likeness (QED) is 0.427. The number of carbonyl (C=O) groups is 1. The lowest BCUT2D eigenvalue weighted by Gasteiger charge is -2.05. The summed E-state index contributed by atoms with van der Waals surface area (Å²) in [5.41, 5.74) is 0.0547. The van der Waals surface area contributed by atoms with Crippen molar-refractivity contribution >= 4 is 22.5 Å². The maximum atomic E-state index is 12.3. The molecule has 8 nitrogen and oxygen atoms in total. The summed E-state index contributed by atoms with van der Waals surface area (Å²) in [5.74, 6) is -0.503. The Morgan fingerprint density at radius 3 is 2.78 bits per heavy atom. The van der Waals surface area contributed by atoms with Crippen molar-refractivity contribution in [3.63, 3.8) is 0 Å². The molecular weight excluding hydrogens is 348 g/mol. The molecule has 0 radical (unpaired) electrons. The third kappa shape index (κ3) is 3.24. The van der Waals surface area contributed by atoms with Crippen LogP contribution in [0, 0.1) is 0 Å². The molecule has 0 unspecified atom stereocenters. The Hall–Kier alpha value is -3.68. The molecular formula is C19H16N4O4. The van der Waals surface area contributed by atoms with Crippen molar-refractivity contribution in [2.45, 2.75) is 13.0 Å². The Bertz CT molecular complexity index is 1250. The van der Waals surface area contributed by atoms with Crippen LogP contribution in [0.2, 0.25) is 0 Å². The number of para-hydroxylation sites is 1.